The molecule has 0 atom stereocenters. The van der Waals surface area contributed by atoms with Gasteiger partial charge in [-0.3, -0.25) is 0 Å². The fourth-order valence-corrected chi connectivity index (χ4v) is 3.52. The minimum atomic E-state index is -0.0459. The molecule has 25 heavy (non-hydrogen) atoms. The van der Waals surface area contributed by atoms with Crippen LogP contribution in [0.1, 0.15) is 32.3 Å². The molecule has 0 aliphatic rings. The molecular formula is C23H22N2. The Morgan fingerprint density at radius 1 is 0.760 bits per heavy atom. The van der Waals surface area contributed by atoms with Crippen LogP contribution in [0.25, 0.3) is 32.7 Å². The second kappa shape index (κ2) is 5.66. The lowest BCUT2D eigenvalue weighted by atomic mass is 9.84. The Balaban J connectivity index is 2.15. The molecule has 0 fully saturated rings. The van der Waals surface area contributed by atoms with Crippen LogP contribution < -0.4 is 0 Å². The molecule has 0 aliphatic carbocycles. The summed E-state index contributed by atoms with van der Waals surface area (Å²) in [5, 5.41) is 5.05. The van der Waals surface area contributed by atoms with Crippen molar-refractivity contribution in [3.8, 4) is 11.1 Å². The first-order valence-corrected chi connectivity index (χ1v) is 8.70. The number of aryl methyl sites for hydroxylation is 1. The molecule has 0 amide bonds. The van der Waals surface area contributed by atoms with Crippen LogP contribution in [-0.4, -0.2) is 9.97 Å². The highest BCUT2D eigenvalue weighted by Crippen LogP contribution is 2.38. The van der Waals surface area contributed by atoms with E-state index in [2.05, 4.69) is 80.4 Å². The van der Waals surface area contributed by atoms with Gasteiger partial charge in [0.05, 0.1) is 5.69 Å². The normalized spacial score (nSPS) is 12.0. The molecule has 1 aromatic heterocycles. The Kier molecular flexibility index (Phi) is 3.57. The van der Waals surface area contributed by atoms with Crippen molar-refractivity contribution < 1.29 is 0 Å². The third kappa shape index (κ3) is 2.68. The van der Waals surface area contributed by atoms with E-state index >= 15 is 0 Å². The maximum absolute atomic E-state index is 4.80. The van der Waals surface area contributed by atoms with E-state index in [-0.39, 0.29) is 5.41 Å². The van der Waals surface area contributed by atoms with Crippen molar-refractivity contribution in [3.63, 3.8) is 0 Å². The van der Waals surface area contributed by atoms with E-state index in [1.807, 2.05) is 13.1 Å². The second-order valence-electron chi connectivity index (χ2n) is 7.62. The zero-order valence-corrected chi connectivity index (χ0v) is 15.2. The van der Waals surface area contributed by atoms with Gasteiger partial charge in [0.1, 0.15) is 5.82 Å². The first kappa shape index (κ1) is 15.8. The summed E-state index contributed by atoms with van der Waals surface area (Å²) in [6.07, 6.45) is 1.99. The minimum Gasteiger partial charge on any atom is -0.241 e. The Hall–Kier alpha value is -2.74. The maximum atomic E-state index is 4.80. The Morgan fingerprint density at radius 2 is 1.40 bits per heavy atom. The number of hydrogen-bond donors (Lipinski definition) is 0. The highest BCUT2D eigenvalue weighted by atomic mass is 14.9. The molecule has 124 valence electrons. The Bertz CT molecular complexity index is 1090. The molecule has 0 unspecified atom stereocenters. The molecule has 0 spiro atoms. The highest BCUT2D eigenvalue weighted by molar-refractivity contribution is 6.13. The van der Waals surface area contributed by atoms with Crippen molar-refractivity contribution >= 4 is 21.5 Å². The van der Waals surface area contributed by atoms with Gasteiger partial charge >= 0.3 is 0 Å². The lowest BCUT2D eigenvalue weighted by molar-refractivity contribution is 0.566. The highest BCUT2D eigenvalue weighted by Gasteiger charge is 2.22. The second-order valence-corrected chi connectivity index (χ2v) is 7.62. The van der Waals surface area contributed by atoms with Gasteiger partial charge in [0.25, 0.3) is 0 Å². The van der Waals surface area contributed by atoms with E-state index in [1.165, 1.54) is 27.1 Å². The van der Waals surface area contributed by atoms with Crippen molar-refractivity contribution in [3.05, 3.63) is 72.3 Å². The molecule has 0 bridgehead atoms. The van der Waals surface area contributed by atoms with E-state index in [0.29, 0.717) is 0 Å². The van der Waals surface area contributed by atoms with Gasteiger partial charge in [-0.15, -0.1) is 0 Å². The van der Waals surface area contributed by atoms with Gasteiger partial charge in [0, 0.05) is 17.2 Å². The molecule has 0 N–H and O–H groups in total. The van der Waals surface area contributed by atoms with Gasteiger partial charge in [-0.2, -0.15) is 0 Å². The van der Waals surface area contributed by atoms with Gasteiger partial charge in [-0.05, 0) is 40.1 Å². The molecular weight excluding hydrogens is 304 g/mol. The molecule has 0 saturated carbocycles. The number of nitrogens with zero attached hydrogens (tertiary/aromatic N) is 2. The van der Waals surface area contributed by atoms with E-state index < -0.39 is 0 Å². The molecule has 4 rings (SSSR count). The number of aromatic nitrogens is 2. The molecule has 2 heteroatoms. The zero-order valence-electron chi connectivity index (χ0n) is 15.2. The van der Waals surface area contributed by atoms with Crippen LogP contribution >= 0.6 is 0 Å². The van der Waals surface area contributed by atoms with Crippen LogP contribution in [-0.2, 0) is 5.41 Å². The first-order valence-electron chi connectivity index (χ1n) is 8.70. The lowest BCUT2D eigenvalue weighted by Crippen LogP contribution is -2.16. The maximum Gasteiger partial charge on any atom is 0.125 e. The van der Waals surface area contributed by atoms with Crippen molar-refractivity contribution in [2.45, 2.75) is 33.1 Å². The van der Waals surface area contributed by atoms with Crippen molar-refractivity contribution in [1.82, 2.24) is 9.97 Å². The van der Waals surface area contributed by atoms with Gasteiger partial charge in [-0.25, -0.2) is 9.97 Å². The van der Waals surface area contributed by atoms with Crippen molar-refractivity contribution in [1.29, 1.82) is 0 Å². The van der Waals surface area contributed by atoms with Crippen LogP contribution in [0.15, 0.2) is 60.8 Å². The fourth-order valence-electron chi connectivity index (χ4n) is 3.52. The van der Waals surface area contributed by atoms with Crippen molar-refractivity contribution in [2.24, 2.45) is 0 Å². The Labute approximate surface area is 148 Å². The summed E-state index contributed by atoms with van der Waals surface area (Å²) in [4.78, 5) is 9.30. The third-order valence-electron chi connectivity index (χ3n) is 4.68. The lowest BCUT2D eigenvalue weighted by Gasteiger charge is -2.23. The number of fused-ring (bicyclic) bond motifs is 3. The zero-order chi connectivity index (χ0) is 17.6. The van der Waals surface area contributed by atoms with Crippen molar-refractivity contribution in [2.75, 3.05) is 0 Å². The van der Waals surface area contributed by atoms with E-state index in [1.54, 1.807) is 0 Å². The summed E-state index contributed by atoms with van der Waals surface area (Å²) >= 11 is 0. The monoisotopic (exact) mass is 326 g/mol. The SMILES string of the molecule is Cc1ncc(-c2cc3ccccc3c3ccccc23)c(C(C)(C)C)n1. The number of rotatable bonds is 1. The van der Waals surface area contributed by atoms with Crippen LogP contribution in [0.3, 0.4) is 0 Å². The number of benzene rings is 3. The smallest absolute Gasteiger partial charge is 0.125 e. The van der Waals surface area contributed by atoms with Crippen LogP contribution in [0.2, 0.25) is 0 Å². The quantitative estimate of drug-likeness (QED) is 0.398. The standard InChI is InChI=1S/C23H22N2/c1-15-24-14-21(22(25-15)23(2,3)4)20-13-16-9-5-6-10-17(16)18-11-7-8-12-19(18)20/h5-14H,1-4H3. The summed E-state index contributed by atoms with van der Waals surface area (Å²) in [7, 11) is 0. The average molecular weight is 326 g/mol. The predicted octanol–water partition coefficient (Wildman–Crippen LogP) is 6.06. The molecule has 1 heterocycles. The largest absolute Gasteiger partial charge is 0.241 e. The van der Waals surface area contributed by atoms with E-state index in [4.69, 9.17) is 4.98 Å². The summed E-state index contributed by atoms with van der Waals surface area (Å²) < 4.78 is 0. The van der Waals surface area contributed by atoms with Gasteiger partial charge in [-0.1, -0.05) is 69.3 Å². The van der Waals surface area contributed by atoms with Gasteiger partial charge in [0.2, 0.25) is 0 Å². The molecule has 3 aromatic carbocycles. The molecule has 0 aliphatic heterocycles. The minimum absolute atomic E-state index is 0.0459. The topological polar surface area (TPSA) is 25.8 Å². The van der Waals surface area contributed by atoms with Crippen LogP contribution in [0.4, 0.5) is 0 Å². The van der Waals surface area contributed by atoms with Crippen LogP contribution in [0.5, 0.6) is 0 Å². The van der Waals surface area contributed by atoms with Gasteiger partial charge in [0.15, 0.2) is 0 Å². The molecule has 0 saturated heterocycles. The summed E-state index contributed by atoms with van der Waals surface area (Å²) in [6.45, 7) is 8.59. The van der Waals surface area contributed by atoms with Crippen LogP contribution in [0, 0.1) is 6.92 Å². The van der Waals surface area contributed by atoms with Gasteiger partial charge < -0.3 is 0 Å². The molecule has 4 aromatic rings. The summed E-state index contributed by atoms with van der Waals surface area (Å²) in [5.74, 6) is 0.818. The summed E-state index contributed by atoms with van der Waals surface area (Å²) in [5.41, 5.74) is 3.38. The van der Waals surface area contributed by atoms with E-state index in [9.17, 15) is 0 Å². The predicted molar refractivity (Wildman–Crippen MR) is 106 cm³/mol. The molecule has 0 radical (unpaired) electrons. The molecule has 2 nitrogen and oxygen atoms in total. The Morgan fingerprint density at radius 3 is 2.12 bits per heavy atom. The summed E-state index contributed by atoms with van der Waals surface area (Å²) in [6, 6.07) is 19.5. The van der Waals surface area contributed by atoms with E-state index in [0.717, 1.165) is 17.1 Å². The number of hydrogen-bond acceptors (Lipinski definition) is 2. The first-order chi connectivity index (χ1) is 11.9. The fraction of sp³-hybridized carbons (Fsp3) is 0.217. The third-order valence-corrected chi connectivity index (χ3v) is 4.68. The average Bonchev–Trinajstić information content (AvgIpc) is 2.60.